The maximum atomic E-state index is 13.7. The lowest BCUT2D eigenvalue weighted by molar-refractivity contribution is 0.218. The van der Waals surface area contributed by atoms with Gasteiger partial charge in [0.25, 0.3) is 0 Å². The Morgan fingerprint density at radius 2 is 2.14 bits per heavy atom. The molecule has 0 radical (unpaired) electrons. The molecule has 0 bridgehead atoms. The summed E-state index contributed by atoms with van der Waals surface area (Å²) in [5.74, 6) is 0.00773. The maximum absolute atomic E-state index is 13.7. The van der Waals surface area contributed by atoms with Crippen LogP contribution in [0.4, 0.5) is 14.9 Å². The number of ether oxygens (including phenoxy) is 1. The van der Waals surface area contributed by atoms with E-state index in [-0.39, 0.29) is 12.6 Å². The van der Waals surface area contributed by atoms with Crippen LogP contribution in [0.2, 0.25) is 0 Å². The van der Waals surface area contributed by atoms with Gasteiger partial charge in [-0.3, -0.25) is 10.00 Å². The van der Waals surface area contributed by atoms with Crippen molar-refractivity contribution in [2.45, 2.75) is 6.54 Å². The van der Waals surface area contributed by atoms with Crippen LogP contribution in [0.3, 0.4) is 0 Å². The van der Waals surface area contributed by atoms with E-state index in [9.17, 15) is 14.4 Å². The van der Waals surface area contributed by atoms with Crippen molar-refractivity contribution in [3.63, 3.8) is 0 Å². The number of anilines is 1. The number of nitriles is 1. The monoisotopic (exact) mass is 391 g/mol. The molecule has 0 aliphatic carbocycles. The second kappa shape index (κ2) is 7.64. The lowest BCUT2D eigenvalue weighted by Crippen LogP contribution is -2.31. The van der Waals surface area contributed by atoms with Crippen molar-refractivity contribution < 1.29 is 13.9 Å². The zero-order chi connectivity index (χ0) is 20.4. The van der Waals surface area contributed by atoms with Gasteiger partial charge in [-0.25, -0.2) is 9.18 Å². The molecule has 3 aromatic rings. The lowest BCUT2D eigenvalue weighted by atomic mass is 10.0. The summed E-state index contributed by atoms with van der Waals surface area (Å²) in [5.41, 5.74) is 3.33. The van der Waals surface area contributed by atoms with E-state index in [0.717, 1.165) is 11.1 Å². The van der Waals surface area contributed by atoms with Gasteiger partial charge in [-0.05, 0) is 29.8 Å². The minimum absolute atomic E-state index is 0.187. The molecule has 8 heteroatoms. The lowest BCUT2D eigenvalue weighted by Gasteiger charge is -2.19. The van der Waals surface area contributed by atoms with Gasteiger partial charge in [-0.15, -0.1) is 0 Å². The molecule has 146 valence electrons. The molecule has 0 unspecified atom stereocenters. The third-order valence-corrected chi connectivity index (χ3v) is 4.88. The number of urea groups is 1. The first-order valence-electron chi connectivity index (χ1n) is 9.02. The fourth-order valence-electron chi connectivity index (χ4n) is 3.46. The SMILES string of the molecule is COc1cc(F)cc(CN2CCN(c3ccc(-c4cn[nH]c4)c(C#N)c3)C2=O)c1. The van der Waals surface area contributed by atoms with Gasteiger partial charge in [-0.2, -0.15) is 10.4 Å². The van der Waals surface area contributed by atoms with Crippen molar-refractivity contribution in [2.24, 2.45) is 0 Å². The van der Waals surface area contributed by atoms with Crippen LogP contribution in [-0.2, 0) is 6.54 Å². The van der Waals surface area contributed by atoms with E-state index < -0.39 is 5.82 Å². The van der Waals surface area contributed by atoms with E-state index in [1.165, 1.54) is 19.2 Å². The van der Waals surface area contributed by atoms with Gasteiger partial charge in [0.1, 0.15) is 11.6 Å². The number of rotatable bonds is 5. The van der Waals surface area contributed by atoms with Crippen molar-refractivity contribution in [3.8, 4) is 22.9 Å². The Kier molecular flexibility index (Phi) is 4.87. The smallest absolute Gasteiger partial charge is 0.324 e. The molecule has 2 amide bonds. The van der Waals surface area contributed by atoms with Crippen LogP contribution in [0.25, 0.3) is 11.1 Å². The molecule has 1 aromatic heterocycles. The van der Waals surface area contributed by atoms with E-state index in [1.807, 2.05) is 12.1 Å². The molecule has 1 aliphatic rings. The number of hydrogen-bond donors (Lipinski definition) is 1. The summed E-state index contributed by atoms with van der Waals surface area (Å²) in [6, 6.07) is 11.7. The van der Waals surface area contributed by atoms with Gasteiger partial charge in [0.15, 0.2) is 0 Å². The highest BCUT2D eigenvalue weighted by atomic mass is 19.1. The molecule has 1 aliphatic heterocycles. The number of nitrogens with zero attached hydrogens (tertiary/aromatic N) is 4. The number of amides is 2. The maximum Gasteiger partial charge on any atom is 0.324 e. The summed E-state index contributed by atoms with van der Waals surface area (Å²) < 4.78 is 18.8. The van der Waals surface area contributed by atoms with Crippen molar-refractivity contribution in [1.82, 2.24) is 15.1 Å². The minimum Gasteiger partial charge on any atom is -0.497 e. The average molecular weight is 391 g/mol. The molecule has 0 saturated carbocycles. The summed E-state index contributed by atoms with van der Waals surface area (Å²) >= 11 is 0. The third kappa shape index (κ3) is 3.62. The quantitative estimate of drug-likeness (QED) is 0.721. The second-order valence-electron chi connectivity index (χ2n) is 6.68. The molecular weight excluding hydrogens is 373 g/mol. The molecule has 0 atom stereocenters. The predicted octanol–water partition coefficient (Wildman–Crippen LogP) is 3.54. The van der Waals surface area contributed by atoms with Gasteiger partial charge < -0.3 is 9.64 Å². The first-order chi connectivity index (χ1) is 14.1. The molecule has 2 aromatic carbocycles. The molecule has 29 heavy (non-hydrogen) atoms. The number of hydrogen-bond acceptors (Lipinski definition) is 4. The zero-order valence-electron chi connectivity index (χ0n) is 15.7. The topological polar surface area (TPSA) is 85.2 Å². The minimum atomic E-state index is -0.406. The number of aromatic nitrogens is 2. The molecule has 1 N–H and O–H groups in total. The van der Waals surface area contributed by atoms with Gasteiger partial charge in [0, 0.05) is 48.7 Å². The van der Waals surface area contributed by atoms with Gasteiger partial charge in [0.05, 0.1) is 24.9 Å². The normalized spacial score (nSPS) is 13.6. The van der Waals surface area contributed by atoms with Crippen LogP contribution in [-0.4, -0.2) is 41.3 Å². The van der Waals surface area contributed by atoms with E-state index in [2.05, 4.69) is 16.3 Å². The highest BCUT2D eigenvalue weighted by Crippen LogP contribution is 2.29. The Morgan fingerprint density at radius 3 is 2.86 bits per heavy atom. The van der Waals surface area contributed by atoms with Crippen molar-refractivity contribution in [3.05, 3.63) is 65.7 Å². The standard InChI is InChI=1S/C21H18FN5O2/c1-29-19-7-14(6-17(22)9-19)13-26-4-5-27(21(26)28)18-2-3-20(15(8-18)10-23)16-11-24-25-12-16/h2-3,6-9,11-12H,4-5,13H2,1H3,(H,24,25). The van der Waals surface area contributed by atoms with Gasteiger partial charge in [0.2, 0.25) is 0 Å². The fraction of sp³-hybridized carbons (Fsp3) is 0.190. The van der Waals surface area contributed by atoms with Crippen LogP contribution < -0.4 is 9.64 Å². The predicted molar refractivity (Wildman–Crippen MR) is 105 cm³/mol. The first-order valence-corrected chi connectivity index (χ1v) is 9.02. The number of carbonyl (C=O) groups is 1. The molecule has 4 rings (SSSR count). The first kappa shape index (κ1) is 18.5. The van der Waals surface area contributed by atoms with Crippen molar-refractivity contribution in [1.29, 1.82) is 5.26 Å². The van der Waals surface area contributed by atoms with Gasteiger partial charge in [-0.1, -0.05) is 6.07 Å². The average Bonchev–Trinajstić information content (AvgIpc) is 3.38. The number of carbonyl (C=O) groups excluding carboxylic acids is 1. The number of aromatic amines is 1. The number of nitrogens with one attached hydrogen (secondary N) is 1. The van der Waals surface area contributed by atoms with E-state index in [0.29, 0.717) is 35.7 Å². The van der Waals surface area contributed by atoms with Gasteiger partial charge >= 0.3 is 6.03 Å². The van der Waals surface area contributed by atoms with Crippen LogP contribution >= 0.6 is 0 Å². The number of halogens is 1. The summed E-state index contributed by atoms with van der Waals surface area (Å²) in [6.07, 6.45) is 3.36. The molecule has 2 heterocycles. The summed E-state index contributed by atoms with van der Waals surface area (Å²) in [6.45, 7) is 1.27. The molecular formula is C21H18FN5O2. The van der Waals surface area contributed by atoms with E-state index in [4.69, 9.17) is 4.74 Å². The summed E-state index contributed by atoms with van der Waals surface area (Å²) in [5, 5.41) is 16.2. The van der Waals surface area contributed by atoms with Crippen molar-refractivity contribution in [2.75, 3.05) is 25.1 Å². The fourth-order valence-corrected chi connectivity index (χ4v) is 3.46. The number of methoxy groups -OCH3 is 1. The molecule has 1 fully saturated rings. The Labute approximate surface area is 166 Å². The van der Waals surface area contributed by atoms with Crippen LogP contribution in [0, 0.1) is 17.1 Å². The van der Waals surface area contributed by atoms with E-state index in [1.54, 1.807) is 34.3 Å². The van der Waals surface area contributed by atoms with E-state index >= 15 is 0 Å². The highest BCUT2D eigenvalue weighted by Gasteiger charge is 2.30. The second-order valence-corrected chi connectivity index (χ2v) is 6.68. The van der Waals surface area contributed by atoms with Crippen LogP contribution in [0.1, 0.15) is 11.1 Å². The molecule has 0 spiro atoms. The Balaban J connectivity index is 1.55. The zero-order valence-corrected chi connectivity index (χ0v) is 15.7. The van der Waals surface area contributed by atoms with Crippen molar-refractivity contribution >= 4 is 11.7 Å². The Hall–Kier alpha value is -3.86. The Morgan fingerprint density at radius 1 is 1.28 bits per heavy atom. The van der Waals surface area contributed by atoms with Crippen LogP contribution in [0.15, 0.2) is 48.8 Å². The highest BCUT2D eigenvalue weighted by molar-refractivity contribution is 5.94. The summed E-state index contributed by atoms with van der Waals surface area (Å²) in [4.78, 5) is 16.2. The van der Waals surface area contributed by atoms with Crippen LogP contribution in [0.5, 0.6) is 5.75 Å². The Bertz CT molecular complexity index is 1090. The molecule has 7 nitrogen and oxygen atoms in total. The molecule has 1 saturated heterocycles. The number of benzene rings is 2. The third-order valence-electron chi connectivity index (χ3n) is 4.88. The summed E-state index contributed by atoms with van der Waals surface area (Å²) in [7, 11) is 1.47. The number of H-pyrrole nitrogens is 1. The largest absolute Gasteiger partial charge is 0.497 e.